The summed E-state index contributed by atoms with van der Waals surface area (Å²) in [5.41, 5.74) is 0.192. The highest BCUT2D eigenvalue weighted by Gasteiger charge is 2.47. The van der Waals surface area contributed by atoms with Crippen molar-refractivity contribution >= 4 is 16.9 Å². The fourth-order valence-electron chi connectivity index (χ4n) is 2.78. The van der Waals surface area contributed by atoms with Crippen LogP contribution in [-0.4, -0.2) is 15.6 Å². The Kier molecular flexibility index (Phi) is 2.24. The van der Waals surface area contributed by atoms with Crippen LogP contribution in [0, 0.1) is 5.82 Å². The number of nitrogens with zero attached hydrogens (tertiary/aromatic N) is 1. The van der Waals surface area contributed by atoms with Gasteiger partial charge in [-0.05, 0) is 31.0 Å². The zero-order chi connectivity index (χ0) is 12.9. The lowest BCUT2D eigenvalue weighted by Gasteiger charge is -2.38. The first kappa shape index (κ1) is 11.3. The Morgan fingerprint density at radius 3 is 2.72 bits per heavy atom. The Morgan fingerprint density at radius 1 is 1.44 bits per heavy atom. The number of carbonyl (C=O) groups is 1. The van der Waals surface area contributed by atoms with Crippen LogP contribution in [0.3, 0.4) is 0 Å². The molecule has 1 saturated carbocycles. The molecule has 94 valence electrons. The fraction of sp³-hybridized carbons (Fsp3) is 0.357. The van der Waals surface area contributed by atoms with E-state index >= 15 is 0 Å². The molecule has 0 amide bonds. The second-order valence-electron chi connectivity index (χ2n) is 5.06. The quantitative estimate of drug-likeness (QED) is 0.886. The lowest BCUT2D eigenvalue weighted by atomic mass is 9.64. The van der Waals surface area contributed by atoms with Crippen LogP contribution in [0.1, 0.15) is 24.8 Å². The number of aromatic nitrogens is 1. The van der Waals surface area contributed by atoms with E-state index in [1.165, 1.54) is 6.07 Å². The molecule has 1 heterocycles. The first-order chi connectivity index (χ1) is 8.54. The maximum atomic E-state index is 14.1. The van der Waals surface area contributed by atoms with E-state index < -0.39 is 17.2 Å². The summed E-state index contributed by atoms with van der Waals surface area (Å²) < 4.78 is 16.0. The van der Waals surface area contributed by atoms with Crippen LogP contribution in [0.15, 0.2) is 24.4 Å². The third kappa shape index (κ3) is 1.32. The monoisotopic (exact) mass is 247 g/mol. The van der Waals surface area contributed by atoms with Crippen LogP contribution in [0.5, 0.6) is 0 Å². The molecule has 4 heteroatoms. The van der Waals surface area contributed by atoms with Gasteiger partial charge in [-0.2, -0.15) is 0 Å². The summed E-state index contributed by atoms with van der Waals surface area (Å²) in [5, 5.41) is 10.2. The minimum atomic E-state index is -1.01. The van der Waals surface area contributed by atoms with Crippen LogP contribution in [0.4, 0.5) is 4.39 Å². The second kappa shape index (κ2) is 3.57. The van der Waals surface area contributed by atoms with Gasteiger partial charge >= 0.3 is 5.97 Å². The predicted octanol–water partition coefficient (Wildman–Crippen LogP) is 2.82. The summed E-state index contributed by atoms with van der Waals surface area (Å²) in [5.74, 6) is -1.32. The molecule has 1 aromatic heterocycles. The van der Waals surface area contributed by atoms with E-state index in [1.54, 1.807) is 6.07 Å². The molecular weight excluding hydrogens is 233 g/mol. The summed E-state index contributed by atoms with van der Waals surface area (Å²) in [7, 11) is 1.87. The standard InChI is InChI=1S/C14H14FNO2/c1-16-6-3-9-7-11(15)10(8-12(9)16)14(13(17)18)4-2-5-14/h3,6-8H,2,4-5H2,1H3,(H,17,18). The molecule has 18 heavy (non-hydrogen) atoms. The average molecular weight is 247 g/mol. The zero-order valence-corrected chi connectivity index (χ0v) is 10.1. The van der Waals surface area contributed by atoms with E-state index in [0.717, 1.165) is 17.3 Å². The molecule has 0 unspecified atom stereocenters. The first-order valence-electron chi connectivity index (χ1n) is 6.03. The Hall–Kier alpha value is -1.84. The van der Waals surface area contributed by atoms with Crippen molar-refractivity contribution in [2.24, 2.45) is 7.05 Å². The lowest BCUT2D eigenvalue weighted by Crippen LogP contribution is -2.43. The zero-order valence-electron chi connectivity index (χ0n) is 10.1. The number of aliphatic carboxylic acids is 1. The van der Waals surface area contributed by atoms with Crippen molar-refractivity contribution in [3.8, 4) is 0 Å². The highest BCUT2D eigenvalue weighted by molar-refractivity contribution is 5.87. The summed E-state index contributed by atoms with van der Waals surface area (Å²) in [6, 6.07) is 4.96. The van der Waals surface area contributed by atoms with Crippen LogP contribution in [0.25, 0.3) is 10.9 Å². The summed E-state index contributed by atoms with van der Waals surface area (Å²) in [4.78, 5) is 11.4. The van der Waals surface area contributed by atoms with Gasteiger partial charge < -0.3 is 9.67 Å². The van der Waals surface area contributed by atoms with Crippen molar-refractivity contribution in [1.82, 2.24) is 4.57 Å². The molecule has 1 aromatic carbocycles. The fourth-order valence-corrected chi connectivity index (χ4v) is 2.78. The van der Waals surface area contributed by atoms with E-state index in [9.17, 15) is 14.3 Å². The molecule has 1 aliphatic rings. The van der Waals surface area contributed by atoms with Crippen LogP contribution < -0.4 is 0 Å². The van der Waals surface area contributed by atoms with Gasteiger partial charge in [0.2, 0.25) is 0 Å². The minimum Gasteiger partial charge on any atom is -0.481 e. The van der Waals surface area contributed by atoms with Crippen molar-refractivity contribution in [3.05, 3.63) is 35.8 Å². The van der Waals surface area contributed by atoms with Gasteiger partial charge in [0.25, 0.3) is 0 Å². The molecule has 0 saturated heterocycles. The van der Waals surface area contributed by atoms with Gasteiger partial charge in [-0.25, -0.2) is 4.39 Å². The molecule has 1 aliphatic carbocycles. The number of aryl methyl sites for hydroxylation is 1. The van der Waals surface area contributed by atoms with E-state index in [2.05, 4.69) is 0 Å². The van der Waals surface area contributed by atoms with Crippen molar-refractivity contribution in [1.29, 1.82) is 0 Å². The van der Waals surface area contributed by atoms with Crippen molar-refractivity contribution in [3.63, 3.8) is 0 Å². The number of halogens is 1. The summed E-state index contributed by atoms with van der Waals surface area (Å²) >= 11 is 0. The van der Waals surface area contributed by atoms with Gasteiger partial charge in [-0.3, -0.25) is 4.79 Å². The Bertz CT molecular complexity index is 641. The second-order valence-corrected chi connectivity index (χ2v) is 5.06. The third-order valence-corrected chi connectivity index (χ3v) is 4.11. The van der Waals surface area contributed by atoms with Gasteiger partial charge in [-0.1, -0.05) is 6.42 Å². The molecule has 1 fully saturated rings. The van der Waals surface area contributed by atoms with E-state index in [1.807, 2.05) is 23.9 Å². The SMILES string of the molecule is Cn1ccc2cc(F)c(C3(C(=O)O)CCC3)cc21. The minimum absolute atomic E-state index is 0.329. The highest BCUT2D eigenvalue weighted by atomic mass is 19.1. The van der Waals surface area contributed by atoms with Gasteiger partial charge in [0.05, 0.1) is 5.41 Å². The number of hydrogen-bond acceptors (Lipinski definition) is 1. The number of carboxylic acid groups (broad SMARTS) is 1. The Morgan fingerprint density at radius 2 is 2.17 bits per heavy atom. The maximum Gasteiger partial charge on any atom is 0.314 e. The van der Waals surface area contributed by atoms with Crippen molar-refractivity contribution in [2.75, 3.05) is 0 Å². The van der Waals surface area contributed by atoms with Crippen LogP contribution in [0.2, 0.25) is 0 Å². The third-order valence-electron chi connectivity index (χ3n) is 4.11. The number of benzene rings is 1. The average Bonchev–Trinajstić information content (AvgIpc) is 2.58. The van der Waals surface area contributed by atoms with E-state index in [-0.39, 0.29) is 0 Å². The Balaban J connectivity index is 2.25. The van der Waals surface area contributed by atoms with Gasteiger partial charge in [0, 0.05) is 29.7 Å². The molecule has 3 rings (SSSR count). The molecule has 3 nitrogen and oxygen atoms in total. The first-order valence-corrected chi connectivity index (χ1v) is 6.03. The van der Waals surface area contributed by atoms with E-state index in [0.29, 0.717) is 18.4 Å². The molecule has 0 atom stereocenters. The number of hydrogen-bond donors (Lipinski definition) is 1. The van der Waals surface area contributed by atoms with E-state index in [4.69, 9.17) is 0 Å². The number of rotatable bonds is 2. The van der Waals surface area contributed by atoms with Gasteiger partial charge in [0.15, 0.2) is 0 Å². The number of carboxylic acids is 1. The van der Waals surface area contributed by atoms with Gasteiger partial charge in [0.1, 0.15) is 5.82 Å². The summed E-state index contributed by atoms with van der Waals surface area (Å²) in [6.45, 7) is 0. The molecule has 0 radical (unpaired) electrons. The van der Waals surface area contributed by atoms with Crippen molar-refractivity contribution < 1.29 is 14.3 Å². The topological polar surface area (TPSA) is 42.2 Å². The highest BCUT2D eigenvalue weighted by Crippen LogP contribution is 2.45. The summed E-state index contributed by atoms with van der Waals surface area (Å²) in [6.07, 6.45) is 3.74. The Labute approximate surface area is 104 Å². The maximum absolute atomic E-state index is 14.1. The molecular formula is C14H14FNO2. The predicted molar refractivity (Wildman–Crippen MR) is 66.0 cm³/mol. The molecule has 0 spiro atoms. The number of fused-ring (bicyclic) bond motifs is 1. The molecule has 0 aliphatic heterocycles. The smallest absolute Gasteiger partial charge is 0.314 e. The van der Waals surface area contributed by atoms with Crippen LogP contribution >= 0.6 is 0 Å². The normalized spacial score (nSPS) is 17.7. The van der Waals surface area contributed by atoms with Crippen LogP contribution in [-0.2, 0) is 17.3 Å². The van der Waals surface area contributed by atoms with Crippen molar-refractivity contribution in [2.45, 2.75) is 24.7 Å². The molecule has 0 bridgehead atoms. The largest absolute Gasteiger partial charge is 0.481 e. The molecule has 2 aromatic rings. The lowest BCUT2D eigenvalue weighted by molar-refractivity contribution is -0.147. The molecule has 1 N–H and O–H groups in total. The van der Waals surface area contributed by atoms with Gasteiger partial charge in [-0.15, -0.1) is 0 Å².